The van der Waals surface area contributed by atoms with Crippen molar-refractivity contribution in [3.63, 3.8) is 0 Å². The zero-order valence-corrected chi connectivity index (χ0v) is 20.7. The van der Waals surface area contributed by atoms with Gasteiger partial charge in [-0.15, -0.1) is 0 Å². The SMILES string of the molecule is O=C(O)CCCCc1nc2cc(C3=NO[C@H](c4nc5ccccc5o4)C3)ccc2c(=O)n1-c1ccc(F)cc1. The van der Waals surface area contributed by atoms with Gasteiger partial charge in [-0.05, 0) is 61.4 Å². The predicted octanol–water partition coefficient (Wildman–Crippen LogP) is 5.33. The molecule has 1 aliphatic rings. The van der Waals surface area contributed by atoms with E-state index < -0.39 is 17.9 Å². The Balaban J connectivity index is 1.32. The molecule has 1 aliphatic heterocycles. The van der Waals surface area contributed by atoms with Crippen molar-refractivity contribution >= 4 is 33.7 Å². The van der Waals surface area contributed by atoms with Crippen LogP contribution >= 0.6 is 0 Å². The van der Waals surface area contributed by atoms with E-state index in [4.69, 9.17) is 19.3 Å². The van der Waals surface area contributed by atoms with Gasteiger partial charge in [0.15, 0.2) is 5.58 Å². The summed E-state index contributed by atoms with van der Waals surface area (Å²) in [7, 11) is 0. The van der Waals surface area contributed by atoms with E-state index >= 15 is 0 Å². The number of hydrogen-bond donors (Lipinski definition) is 1. The fourth-order valence-electron chi connectivity index (χ4n) is 4.70. The number of nitrogens with zero attached hydrogens (tertiary/aromatic N) is 4. The Labute approximate surface area is 221 Å². The standard InChI is InChI=1S/C29H23FN4O5/c30-18-10-12-19(13-11-18)34-26(7-3-4-8-27(35)36)31-23-15-17(9-14-20(23)29(34)37)22-16-25(39-33-22)28-32-21-5-1-2-6-24(21)38-28/h1-2,5-6,9-15,25H,3-4,7-8,16H2,(H,35,36)/t25-/m0/s1. The number of carboxylic acid groups (broad SMARTS) is 1. The van der Waals surface area contributed by atoms with Crippen LogP contribution in [0.2, 0.25) is 0 Å². The average molecular weight is 527 g/mol. The molecule has 3 heterocycles. The number of hydrogen-bond acceptors (Lipinski definition) is 7. The molecule has 0 radical (unpaired) electrons. The minimum Gasteiger partial charge on any atom is -0.481 e. The Hall–Kier alpha value is -4.86. The first-order chi connectivity index (χ1) is 19.0. The molecule has 2 aromatic heterocycles. The second kappa shape index (κ2) is 10.1. The lowest BCUT2D eigenvalue weighted by molar-refractivity contribution is -0.137. The summed E-state index contributed by atoms with van der Waals surface area (Å²) in [6.07, 6.45) is 1.35. The summed E-state index contributed by atoms with van der Waals surface area (Å²) in [5.74, 6) is -0.378. The molecule has 9 nitrogen and oxygen atoms in total. The molecule has 0 bridgehead atoms. The van der Waals surface area contributed by atoms with Crippen molar-refractivity contribution in [1.82, 2.24) is 14.5 Å². The first-order valence-electron chi connectivity index (χ1n) is 12.6. The summed E-state index contributed by atoms with van der Waals surface area (Å²) in [5.41, 5.74) is 3.53. The van der Waals surface area contributed by atoms with Gasteiger partial charge in [0.2, 0.25) is 12.0 Å². The number of aliphatic carboxylic acids is 1. The van der Waals surface area contributed by atoms with Crippen molar-refractivity contribution in [1.29, 1.82) is 0 Å². The highest BCUT2D eigenvalue weighted by Crippen LogP contribution is 2.31. The second-order valence-corrected chi connectivity index (χ2v) is 9.33. The van der Waals surface area contributed by atoms with Crippen molar-refractivity contribution < 1.29 is 23.5 Å². The lowest BCUT2D eigenvalue weighted by Crippen LogP contribution is -2.24. The number of unbranched alkanes of at least 4 members (excludes halogenated alkanes) is 1. The van der Waals surface area contributed by atoms with E-state index in [0.29, 0.717) is 65.3 Å². The maximum atomic E-state index is 13.6. The maximum absolute atomic E-state index is 13.6. The average Bonchev–Trinajstić information content (AvgIpc) is 3.59. The summed E-state index contributed by atoms with van der Waals surface area (Å²) in [4.78, 5) is 39.5. The largest absolute Gasteiger partial charge is 0.481 e. The molecule has 0 saturated heterocycles. The molecule has 6 rings (SSSR count). The molecular formula is C29H23FN4O5. The number of para-hydroxylation sites is 2. The van der Waals surface area contributed by atoms with E-state index in [9.17, 15) is 14.0 Å². The Morgan fingerprint density at radius 1 is 1.03 bits per heavy atom. The summed E-state index contributed by atoms with van der Waals surface area (Å²) >= 11 is 0. The molecule has 1 N–H and O–H groups in total. The minimum absolute atomic E-state index is 0.0274. The Bertz CT molecular complexity index is 1760. The molecular weight excluding hydrogens is 503 g/mol. The zero-order valence-electron chi connectivity index (χ0n) is 20.7. The number of carboxylic acids is 1. The van der Waals surface area contributed by atoms with Crippen LogP contribution in [0.25, 0.3) is 27.7 Å². The van der Waals surface area contributed by atoms with E-state index in [2.05, 4.69) is 10.1 Å². The molecule has 39 heavy (non-hydrogen) atoms. The number of benzene rings is 3. The molecule has 1 atom stereocenters. The number of fused-ring (bicyclic) bond motifs is 2. The van der Waals surface area contributed by atoms with Gasteiger partial charge >= 0.3 is 5.97 Å². The highest BCUT2D eigenvalue weighted by atomic mass is 19.1. The number of aromatic nitrogens is 3. The number of aryl methyl sites for hydroxylation is 1. The summed E-state index contributed by atoms with van der Waals surface area (Å²) in [6, 6.07) is 18.4. The summed E-state index contributed by atoms with van der Waals surface area (Å²) in [6.45, 7) is 0. The van der Waals surface area contributed by atoms with Gasteiger partial charge < -0.3 is 14.4 Å². The molecule has 0 saturated carbocycles. The van der Waals surface area contributed by atoms with Crippen molar-refractivity contribution in [3.05, 3.63) is 100 Å². The second-order valence-electron chi connectivity index (χ2n) is 9.33. The van der Waals surface area contributed by atoms with Crippen LogP contribution in [0.1, 0.15) is 49.1 Å². The van der Waals surface area contributed by atoms with Gasteiger partial charge in [-0.25, -0.2) is 14.4 Å². The van der Waals surface area contributed by atoms with Crippen LogP contribution in [0.3, 0.4) is 0 Å². The lowest BCUT2D eigenvalue weighted by Gasteiger charge is -2.14. The van der Waals surface area contributed by atoms with Gasteiger partial charge in [0.1, 0.15) is 17.2 Å². The van der Waals surface area contributed by atoms with E-state index in [1.54, 1.807) is 18.2 Å². The number of oxazole rings is 1. The first kappa shape index (κ1) is 24.5. The molecule has 5 aromatic rings. The van der Waals surface area contributed by atoms with Crippen LogP contribution in [-0.2, 0) is 16.1 Å². The minimum atomic E-state index is -0.877. The first-order valence-corrected chi connectivity index (χ1v) is 12.6. The fraction of sp³-hybridized carbons (Fsp3) is 0.207. The van der Waals surface area contributed by atoms with E-state index in [0.717, 1.165) is 11.1 Å². The van der Waals surface area contributed by atoms with Crippen molar-refractivity contribution in [3.8, 4) is 5.69 Å². The Kier molecular flexibility index (Phi) is 6.36. The number of oxime groups is 1. The normalized spacial score (nSPS) is 15.0. The summed E-state index contributed by atoms with van der Waals surface area (Å²) < 4.78 is 20.9. The molecule has 0 unspecified atom stereocenters. The third kappa shape index (κ3) is 4.88. The molecule has 0 spiro atoms. The smallest absolute Gasteiger partial charge is 0.303 e. The molecule has 0 aliphatic carbocycles. The monoisotopic (exact) mass is 526 g/mol. The van der Waals surface area contributed by atoms with Crippen LogP contribution in [0.15, 0.2) is 81.1 Å². The van der Waals surface area contributed by atoms with Crippen LogP contribution in [-0.4, -0.2) is 31.3 Å². The number of carbonyl (C=O) groups is 1. The van der Waals surface area contributed by atoms with Gasteiger partial charge in [0.25, 0.3) is 5.56 Å². The highest BCUT2D eigenvalue weighted by Gasteiger charge is 2.29. The van der Waals surface area contributed by atoms with E-state index in [1.807, 2.05) is 24.3 Å². The van der Waals surface area contributed by atoms with Crippen molar-refractivity contribution in [2.45, 2.75) is 38.2 Å². The molecule has 0 amide bonds. The van der Waals surface area contributed by atoms with Crippen LogP contribution in [0.5, 0.6) is 0 Å². The quantitative estimate of drug-likeness (QED) is 0.271. The van der Waals surface area contributed by atoms with Gasteiger partial charge in [-0.3, -0.25) is 14.2 Å². The summed E-state index contributed by atoms with van der Waals surface area (Å²) in [5, 5.41) is 13.6. The maximum Gasteiger partial charge on any atom is 0.303 e. The highest BCUT2D eigenvalue weighted by molar-refractivity contribution is 6.03. The van der Waals surface area contributed by atoms with Crippen molar-refractivity contribution in [2.75, 3.05) is 0 Å². The molecule has 10 heteroatoms. The molecule has 0 fully saturated rings. The van der Waals surface area contributed by atoms with Gasteiger partial charge in [-0.2, -0.15) is 0 Å². The number of rotatable bonds is 8. The van der Waals surface area contributed by atoms with Crippen LogP contribution in [0.4, 0.5) is 4.39 Å². The fourth-order valence-corrected chi connectivity index (χ4v) is 4.70. The molecule has 3 aromatic carbocycles. The third-order valence-electron chi connectivity index (χ3n) is 6.65. The van der Waals surface area contributed by atoms with Gasteiger partial charge in [0.05, 0.1) is 22.3 Å². The topological polar surface area (TPSA) is 120 Å². The third-order valence-corrected chi connectivity index (χ3v) is 6.65. The van der Waals surface area contributed by atoms with Crippen LogP contribution < -0.4 is 5.56 Å². The van der Waals surface area contributed by atoms with Crippen molar-refractivity contribution in [2.24, 2.45) is 5.16 Å². The number of halogens is 1. The van der Waals surface area contributed by atoms with Gasteiger partial charge in [0, 0.05) is 24.8 Å². The predicted molar refractivity (Wildman–Crippen MR) is 141 cm³/mol. The van der Waals surface area contributed by atoms with Gasteiger partial charge in [-0.1, -0.05) is 23.4 Å². The lowest BCUT2D eigenvalue weighted by atomic mass is 10.0. The van der Waals surface area contributed by atoms with E-state index in [1.165, 1.54) is 28.8 Å². The van der Waals surface area contributed by atoms with E-state index in [-0.39, 0.29) is 12.0 Å². The Morgan fingerprint density at radius 3 is 2.64 bits per heavy atom. The Morgan fingerprint density at radius 2 is 1.85 bits per heavy atom. The molecule has 196 valence electrons. The van der Waals surface area contributed by atoms with Crippen LogP contribution in [0, 0.1) is 5.82 Å². The zero-order chi connectivity index (χ0) is 26.9.